The Morgan fingerprint density at radius 1 is 1.30 bits per heavy atom. The van der Waals surface area contributed by atoms with Crippen molar-refractivity contribution in [1.82, 2.24) is 10.2 Å². The van der Waals surface area contributed by atoms with Gasteiger partial charge in [-0.2, -0.15) is 0 Å². The molecule has 1 heterocycles. The number of hydrogen-bond acceptors (Lipinski definition) is 3. The first-order chi connectivity index (χ1) is 9.61. The maximum Gasteiger partial charge on any atom is 0.241 e. The monoisotopic (exact) mass is 275 g/mol. The zero-order chi connectivity index (χ0) is 14.5. The molecule has 1 aliphatic heterocycles. The molecule has 20 heavy (non-hydrogen) atoms. The molecule has 1 aliphatic rings. The number of carbonyl (C=O) groups excluding carboxylic acids is 1. The molecule has 0 aromatic heterocycles. The first kappa shape index (κ1) is 14.9. The van der Waals surface area contributed by atoms with E-state index in [0.717, 1.165) is 38.3 Å². The Hall–Kier alpha value is -1.55. The fourth-order valence-corrected chi connectivity index (χ4v) is 2.54. The summed E-state index contributed by atoms with van der Waals surface area (Å²) in [6.45, 7) is 8.43. The number of anilines is 1. The van der Waals surface area contributed by atoms with Crippen LogP contribution in [-0.2, 0) is 11.3 Å². The molecular formula is C16H25N3O. The summed E-state index contributed by atoms with van der Waals surface area (Å²) in [5.74, 6) is 0.205. The maximum absolute atomic E-state index is 12.0. The third-order valence-electron chi connectivity index (χ3n) is 3.93. The molecule has 2 rings (SSSR count). The van der Waals surface area contributed by atoms with Crippen LogP contribution in [-0.4, -0.2) is 44.0 Å². The van der Waals surface area contributed by atoms with Crippen LogP contribution in [0.15, 0.2) is 18.2 Å². The first-order valence-corrected chi connectivity index (χ1v) is 7.41. The highest BCUT2D eigenvalue weighted by Gasteiger charge is 2.19. The van der Waals surface area contributed by atoms with Crippen LogP contribution in [0.1, 0.15) is 24.5 Å². The molecule has 0 unspecified atom stereocenters. The Labute approximate surface area is 121 Å². The van der Waals surface area contributed by atoms with E-state index in [1.807, 2.05) is 11.9 Å². The van der Waals surface area contributed by atoms with Gasteiger partial charge in [-0.15, -0.1) is 0 Å². The van der Waals surface area contributed by atoms with E-state index in [9.17, 15) is 4.79 Å². The molecule has 0 spiro atoms. The summed E-state index contributed by atoms with van der Waals surface area (Å²) in [6, 6.07) is 6.51. The Balaban J connectivity index is 2.12. The number of nitrogens with one attached hydrogen (secondary N) is 1. The van der Waals surface area contributed by atoms with E-state index in [0.29, 0.717) is 6.54 Å². The molecule has 0 radical (unpaired) electrons. The van der Waals surface area contributed by atoms with Gasteiger partial charge in [0.25, 0.3) is 0 Å². The average molecular weight is 275 g/mol. The third kappa shape index (κ3) is 3.51. The highest BCUT2D eigenvalue weighted by Crippen LogP contribution is 2.21. The van der Waals surface area contributed by atoms with Crippen molar-refractivity contribution >= 4 is 11.6 Å². The number of benzene rings is 1. The van der Waals surface area contributed by atoms with E-state index in [-0.39, 0.29) is 5.91 Å². The fraction of sp³-hybridized carbons (Fsp3) is 0.562. The summed E-state index contributed by atoms with van der Waals surface area (Å²) in [5, 5.41) is 3.35. The Morgan fingerprint density at radius 3 is 2.80 bits per heavy atom. The summed E-state index contributed by atoms with van der Waals surface area (Å²) in [6.07, 6.45) is 1.03. The molecule has 1 N–H and O–H groups in total. The van der Waals surface area contributed by atoms with Crippen LogP contribution < -0.4 is 10.2 Å². The second kappa shape index (κ2) is 6.75. The lowest BCUT2D eigenvalue weighted by atomic mass is 10.1. The van der Waals surface area contributed by atoms with Crippen molar-refractivity contribution in [1.29, 1.82) is 0 Å². The normalized spacial score (nSPS) is 16.4. The van der Waals surface area contributed by atoms with Gasteiger partial charge < -0.3 is 15.1 Å². The molecule has 110 valence electrons. The zero-order valence-corrected chi connectivity index (χ0v) is 12.8. The molecule has 1 aromatic rings. The second-order valence-electron chi connectivity index (χ2n) is 5.48. The van der Waals surface area contributed by atoms with Gasteiger partial charge in [-0.25, -0.2) is 0 Å². The number of rotatable bonds is 4. The van der Waals surface area contributed by atoms with Crippen molar-refractivity contribution in [3.8, 4) is 0 Å². The molecule has 0 aliphatic carbocycles. The zero-order valence-electron chi connectivity index (χ0n) is 12.8. The van der Waals surface area contributed by atoms with Gasteiger partial charge in [-0.1, -0.05) is 13.0 Å². The molecule has 1 aromatic carbocycles. The quantitative estimate of drug-likeness (QED) is 0.910. The van der Waals surface area contributed by atoms with Crippen molar-refractivity contribution in [2.75, 3.05) is 38.1 Å². The van der Waals surface area contributed by atoms with Gasteiger partial charge in [0.05, 0.1) is 6.54 Å². The summed E-state index contributed by atoms with van der Waals surface area (Å²) in [4.78, 5) is 16.0. The van der Waals surface area contributed by atoms with Crippen molar-refractivity contribution in [3.05, 3.63) is 29.3 Å². The summed E-state index contributed by atoms with van der Waals surface area (Å²) >= 11 is 0. The molecule has 4 nitrogen and oxygen atoms in total. The van der Waals surface area contributed by atoms with Gasteiger partial charge in [0.15, 0.2) is 0 Å². The van der Waals surface area contributed by atoms with Crippen LogP contribution in [0.5, 0.6) is 0 Å². The van der Waals surface area contributed by atoms with Gasteiger partial charge in [0.1, 0.15) is 0 Å². The number of aryl methyl sites for hydroxylation is 1. The molecule has 0 bridgehead atoms. The molecule has 0 saturated carbocycles. The summed E-state index contributed by atoms with van der Waals surface area (Å²) < 4.78 is 0. The van der Waals surface area contributed by atoms with Crippen LogP contribution in [0.2, 0.25) is 0 Å². The minimum absolute atomic E-state index is 0.205. The fourth-order valence-electron chi connectivity index (χ4n) is 2.54. The molecule has 4 heteroatoms. The summed E-state index contributed by atoms with van der Waals surface area (Å²) in [5.41, 5.74) is 3.77. The number of amides is 1. The van der Waals surface area contributed by atoms with E-state index < -0.39 is 0 Å². The van der Waals surface area contributed by atoms with Crippen molar-refractivity contribution in [3.63, 3.8) is 0 Å². The van der Waals surface area contributed by atoms with Gasteiger partial charge in [0.2, 0.25) is 5.91 Å². The predicted molar refractivity (Wildman–Crippen MR) is 83.0 cm³/mol. The minimum atomic E-state index is 0.205. The number of hydrogen-bond donors (Lipinski definition) is 1. The van der Waals surface area contributed by atoms with Crippen molar-refractivity contribution in [2.24, 2.45) is 0 Å². The highest BCUT2D eigenvalue weighted by molar-refractivity contribution is 5.81. The highest BCUT2D eigenvalue weighted by atomic mass is 16.2. The van der Waals surface area contributed by atoms with E-state index in [4.69, 9.17) is 0 Å². The predicted octanol–water partition coefficient (Wildman–Crippen LogP) is 1.77. The van der Waals surface area contributed by atoms with E-state index in [2.05, 4.69) is 42.3 Å². The molecular weight excluding hydrogens is 250 g/mol. The number of carbonyl (C=O) groups is 1. The first-order valence-electron chi connectivity index (χ1n) is 7.41. The molecule has 1 amide bonds. The van der Waals surface area contributed by atoms with Crippen LogP contribution >= 0.6 is 0 Å². The van der Waals surface area contributed by atoms with Crippen LogP contribution in [0.3, 0.4) is 0 Å². The summed E-state index contributed by atoms with van der Waals surface area (Å²) in [7, 11) is 1.89. The largest absolute Gasteiger partial charge is 0.362 e. The Bertz CT molecular complexity index is 473. The standard InChI is InChI=1S/C16H25N3O/c1-4-17-11-14-6-7-15(10-13(14)2)19-9-5-8-18(3)16(20)12-19/h6-7,10,17H,4-5,8-9,11-12H2,1-3H3. The molecule has 1 fully saturated rings. The lowest BCUT2D eigenvalue weighted by Crippen LogP contribution is -2.34. The third-order valence-corrected chi connectivity index (χ3v) is 3.93. The Morgan fingerprint density at radius 2 is 2.10 bits per heavy atom. The number of nitrogens with zero attached hydrogens (tertiary/aromatic N) is 2. The van der Waals surface area contributed by atoms with Gasteiger partial charge in [-0.05, 0) is 43.1 Å². The minimum Gasteiger partial charge on any atom is -0.362 e. The van der Waals surface area contributed by atoms with Gasteiger partial charge >= 0.3 is 0 Å². The van der Waals surface area contributed by atoms with Crippen LogP contribution in [0.25, 0.3) is 0 Å². The topological polar surface area (TPSA) is 35.6 Å². The second-order valence-corrected chi connectivity index (χ2v) is 5.48. The van der Waals surface area contributed by atoms with Crippen LogP contribution in [0.4, 0.5) is 5.69 Å². The molecule has 0 atom stereocenters. The van der Waals surface area contributed by atoms with Crippen LogP contribution in [0, 0.1) is 6.92 Å². The number of likely N-dealkylation sites (N-methyl/N-ethyl adjacent to an activating group) is 1. The lowest BCUT2D eigenvalue weighted by Gasteiger charge is -2.23. The van der Waals surface area contributed by atoms with Gasteiger partial charge in [-0.3, -0.25) is 4.79 Å². The maximum atomic E-state index is 12.0. The smallest absolute Gasteiger partial charge is 0.241 e. The SMILES string of the molecule is CCNCc1ccc(N2CCCN(C)C(=O)C2)cc1C. The van der Waals surface area contributed by atoms with Crippen molar-refractivity contribution in [2.45, 2.75) is 26.8 Å². The van der Waals surface area contributed by atoms with E-state index >= 15 is 0 Å². The lowest BCUT2D eigenvalue weighted by molar-refractivity contribution is -0.127. The van der Waals surface area contributed by atoms with E-state index in [1.165, 1.54) is 11.1 Å². The van der Waals surface area contributed by atoms with Gasteiger partial charge in [0, 0.05) is 32.4 Å². The van der Waals surface area contributed by atoms with Crippen molar-refractivity contribution < 1.29 is 4.79 Å². The van der Waals surface area contributed by atoms with E-state index in [1.54, 1.807) is 0 Å². The molecule has 1 saturated heterocycles. The average Bonchev–Trinajstić information content (AvgIpc) is 2.60. The Kier molecular flexibility index (Phi) is 5.01.